The standard InChI is InChI=1S/C18H19BrClNO4S/c1-12-16(20)7-4-8-17(12)26(24,25)21(10-9-18(22)23)13(2)14-5-3-6-15(19)11-14/h3-8,11,13H,9-10H2,1-2H3,(H,22,23). The van der Waals surface area contributed by atoms with Crippen molar-refractivity contribution >= 4 is 43.5 Å². The summed E-state index contributed by atoms with van der Waals surface area (Å²) in [6.45, 7) is 3.23. The van der Waals surface area contributed by atoms with E-state index in [1.54, 1.807) is 26.0 Å². The van der Waals surface area contributed by atoms with Crippen molar-refractivity contribution in [1.82, 2.24) is 4.31 Å². The van der Waals surface area contributed by atoms with Gasteiger partial charge in [0.1, 0.15) is 0 Å². The molecular weight excluding hydrogens is 442 g/mol. The van der Waals surface area contributed by atoms with Crippen molar-refractivity contribution < 1.29 is 18.3 Å². The molecule has 0 saturated carbocycles. The van der Waals surface area contributed by atoms with Crippen LogP contribution >= 0.6 is 27.5 Å². The molecule has 8 heteroatoms. The third kappa shape index (κ3) is 4.65. The predicted octanol–water partition coefficient (Wildman–Crippen LogP) is 4.64. The van der Waals surface area contributed by atoms with Gasteiger partial charge >= 0.3 is 5.97 Å². The number of rotatable bonds is 7. The van der Waals surface area contributed by atoms with Crippen LogP contribution in [0.5, 0.6) is 0 Å². The lowest BCUT2D eigenvalue weighted by Gasteiger charge is -2.29. The molecule has 0 aromatic heterocycles. The maximum Gasteiger partial charge on any atom is 0.304 e. The van der Waals surface area contributed by atoms with Crippen molar-refractivity contribution in [3.8, 4) is 0 Å². The number of aliphatic carboxylic acids is 1. The zero-order valence-electron chi connectivity index (χ0n) is 14.3. The molecule has 0 aliphatic heterocycles. The number of hydrogen-bond acceptors (Lipinski definition) is 3. The Bertz CT molecular complexity index is 917. The number of nitrogens with zero attached hydrogens (tertiary/aromatic N) is 1. The molecular formula is C18H19BrClNO4S. The first-order valence-corrected chi connectivity index (χ1v) is 10.5. The number of sulfonamides is 1. The Balaban J connectivity index is 2.52. The Morgan fingerprint density at radius 2 is 1.92 bits per heavy atom. The van der Waals surface area contributed by atoms with Crippen LogP contribution in [0.2, 0.25) is 5.02 Å². The van der Waals surface area contributed by atoms with Crippen molar-refractivity contribution in [3.63, 3.8) is 0 Å². The number of hydrogen-bond donors (Lipinski definition) is 1. The highest BCUT2D eigenvalue weighted by Gasteiger charge is 2.32. The first kappa shape index (κ1) is 20.9. The van der Waals surface area contributed by atoms with Crippen LogP contribution in [0.25, 0.3) is 0 Å². The molecule has 1 unspecified atom stereocenters. The first-order chi connectivity index (χ1) is 12.1. The third-order valence-electron chi connectivity index (χ3n) is 4.11. The summed E-state index contributed by atoms with van der Waals surface area (Å²) in [5.74, 6) is -1.06. The molecule has 1 N–H and O–H groups in total. The van der Waals surface area contributed by atoms with E-state index in [9.17, 15) is 13.2 Å². The monoisotopic (exact) mass is 459 g/mol. The van der Waals surface area contributed by atoms with Crippen molar-refractivity contribution in [2.75, 3.05) is 6.54 Å². The van der Waals surface area contributed by atoms with Gasteiger partial charge in [0.2, 0.25) is 10.0 Å². The summed E-state index contributed by atoms with van der Waals surface area (Å²) in [6.07, 6.45) is -0.294. The highest BCUT2D eigenvalue weighted by atomic mass is 79.9. The lowest BCUT2D eigenvalue weighted by Crippen LogP contribution is -2.35. The number of carbonyl (C=O) groups is 1. The van der Waals surface area contributed by atoms with E-state index in [1.807, 2.05) is 24.3 Å². The van der Waals surface area contributed by atoms with Crippen molar-refractivity contribution in [2.45, 2.75) is 31.2 Å². The Hall–Kier alpha value is -1.41. The summed E-state index contributed by atoms with van der Waals surface area (Å²) < 4.78 is 28.6. The fraction of sp³-hybridized carbons (Fsp3) is 0.278. The summed E-state index contributed by atoms with van der Waals surface area (Å²) in [7, 11) is -3.94. The Morgan fingerprint density at radius 3 is 2.54 bits per heavy atom. The molecule has 0 heterocycles. The van der Waals surface area contributed by atoms with Gasteiger partial charge in [-0.1, -0.05) is 45.7 Å². The zero-order chi connectivity index (χ0) is 19.5. The molecule has 0 aliphatic carbocycles. The van der Waals surface area contributed by atoms with Gasteiger partial charge in [0.15, 0.2) is 0 Å². The summed E-state index contributed by atoms with van der Waals surface area (Å²) in [4.78, 5) is 11.1. The largest absolute Gasteiger partial charge is 0.481 e. The smallest absolute Gasteiger partial charge is 0.304 e. The fourth-order valence-electron chi connectivity index (χ4n) is 2.65. The van der Waals surface area contributed by atoms with E-state index in [-0.39, 0.29) is 17.9 Å². The van der Waals surface area contributed by atoms with Gasteiger partial charge in [-0.3, -0.25) is 4.79 Å². The average Bonchev–Trinajstić information content (AvgIpc) is 2.56. The zero-order valence-corrected chi connectivity index (χ0v) is 17.5. The summed E-state index contributed by atoms with van der Waals surface area (Å²) in [5, 5.41) is 9.39. The first-order valence-electron chi connectivity index (χ1n) is 7.89. The summed E-state index contributed by atoms with van der Waals surface area (Å²) >= 11 is 9.46. The third-order valence-corrected chi connectivity index (χ3v) is 7.13. The van der Waals surface area contributed by atoms with Crippen LogP contribution in [0, 0.1) is 6.92 Å². The molecule has 0 spiro atoms. The van der Waals surface area contributed by atoms with E-state index in [4.69, 9.17) is 16.7 Å². The number of halogens is 2. The minimum absolute atomic E-state index is 0.0808. The molecule has 26 heavy (non-hydrogen) atoms. The molecule has 5 nitrogen and oxygen atoms in total. The molecule has 0 radical (unpaired) electrons. The Labute approximate surface area is 166 Å². The van der Waals surface area contributed by atoms with Gasteiger partial charge in [-0.05, 0) is 49.2 Å². The minimum Gasteiger partial charge on any atom is -0.481 e. The van der Waals surface area contributed by atoms with Crippen LogP contribution in [0.4, 0.5) is 0 Å². The van der Waals surface area contributed by atoms with Gasteiger partial charge in [0.05, 0.1) is 11.3 Å². The molecule has 2 aromatic carbocycles. The second-order valence-corrected chi connectivity index (χ2v) is 9.04. The summed E-state index contributed by atoms with van der Waals surface area (Å²) in [5.41, 5.74) is 1.20. The fourth-order valence-corrected chi connectivity index (χ4v) is 5.17. The molecule has 0 saturated heterocycles. The lowest BCUT2D eigenvalue weighted by molar-refractivity contribution is -0.137. The van der Waals surface area contributed by atoms with Crippen LogP contribution in [0.1, 0.15) is 30.5 Å². The van der Waals surface area contributed by atoms with E-state index in [2.05, 4.69) is 15.9 Å². The highest BCUT2D eigenvalue weighted by Crippen LogP contribution is 2.32. The van der Waals surface area contributed by atoms with Gasteiger partial charge in [-0.25, -0.2) is 8.42 Å². The van der Waals surface area contributed by atoms with E-state index in [0.29, 0.717) is 10.6 Å². The van der Waals surface area contributed by atoms with Crippen LogP contribution in [0.3, 0.4) is 0 Å². The Morgan fingerprint density at radius 1 is 1.27 bits per heavy atom. The van der Waals surface area contributed by atoms with Crippen LogP contribution in [0.15, 0.2) is 51.8 Å². The van der Waals surface area contributed by atoms with Crippen molar-refractivity contribution in [2.24, 2.45) is 0 Å². The maximum absolute atomic E-state index is 13.3. The topological polar surface area (TPSA) is 74.7 Å². The molecule has 1 atom stereocenters. The SMILES string of the molecule is Cc1c(Cl)cccc1S(=O)(=O)N(CCC(=O)O)C(C)c1cccc(Br)c1. The van der Waals surface area contributed by atoms with Gasteiger partial charge < -0.3 is 5.11 Å². The van der Waals surface area contributed by atoms with Crippen molar-refractivity contribution in [3.05, 3.63) is 63.1 Å². The van der Waals surface area contributed by atoms with E-state index < -0.39 is 22.0 Å². The predicted molar refractivity (Wildman–Crippen MR) is 105 cm³/mol. The minimum atomic E-state index is -3.94. The molecule has 140 valence electrons. The number of benzene rings is 2. The highest BCUT2D eigenvalue weighted by molar-refractivity contribution is 9.10. The van der Waals surface area contributed by atoms with Crippen LogP contribution < -0.4 is 0 Å². The molecule has 0 bridgehead atoms. The molecule has 2 aromatic rings. The summed E-state index contributed by atoms with van der Waals surface area (Å²) in [6, 6.07) is 11.4. The van der Waals surface area contributed by atoms with Crippen molar-refractivity contribution in [1.29, 1.82) is 0 Å². The molecule has 0 aliphatic rings. The van der Waals surface area contributed by atoms with Gasteiger partial charge in [-0.2, -0.15) is 4.31 Å². The van der Waals surface area contributed by atoms with Gasteiger partial charge in [-0.15, -0.1) is 0 Å². The van der Waals surface area contributed by atoms with E-state index >= 15 is 0 Å². The number of carboxylic acids is 1. The molecule has 0 amide bonds. The maximum atomic E-state index is 13.3. The van der Waals surface area contributed by atoms with Gasteiger partial charge in [0.25, 0.3) is 0 Å². The quantitative estimate of drug-likeness (QED) is 0.653. The molecule has 0 fully saturated rings. The van der Waals surface area contributed by atoms with Crippen LogP contribution in [-0.4, -0.2) is 30.3 Å². The van der Waals surface area contributed by atoms with E-state index in [1.165, 1.54) is 10.4 Å². The average molecular weight is 461 g/mol. The van der Waals surface area contributed by atoms with Crippen LogP contribution in [-0.2, 0) is 14.8 Å². The number of carboxylic acid groups (broad SMARTS) is 1. The Kier molecular flexibility index (Phi) is 6.85. The molecule has 2 rings (SSSR count). The van der Waals surface area contributed by atoms with E-state index in [0.717, 1.165) is 10.0 Å². The second-order valence-electron chi connectivity index (χ2n) is 5.85. The normalized spacial score (nSPS) is 13.0. The van der Waals surface area contributed by atoms with Gasteiger partial charge in [0, 0.05) is 22.1 Å². The lowest BCUT2D eigenvalue weighted by atomic mass is 10.1. The second kappa shape index (κ2) is 8.52.